The molecule has 6 aromatic rings. The topological polar surface area (TPSA) is 246 Å². The van der Waals surface area contributed by atoms with Gasteiger partial charge in [0.2, 0.25) is 0 Å². The average Bonchev–Trinajstić information content (AvgIpc) is 3.29. The molecule has 0 bridgehead atoms. The summed E-state index contributed by atoms with van der Waals surface area (Å²) in [5.74, 6) is 0.571. The van der Waals surface area contributed by atoms with E-state index < -0.39 is 66.5 Å². The monoisotopic (exact) mass is 858 g/mol. The van der Waals surface area contributed by atoms with Gasteiger partial charge in [0.15, 0.2) is 0 Å². The van der Waals surface area contributed by atoms with Gasteiger partial charge in [0.1, 0.15) is 34.6 Å². The van der Waals surface area contributed by atoms with E-state index in [1.807, 2.05) is 12.1 Å². The Morgan fingerprint density at radius 1 is 0.413 bits per heavy atom. The van der Waals surface area contributed by atoms with E-state index in [4.69, 9.17) is 29.1 Å². The predicted molar refractivity (Wildman–Crippen MR) is 231 cm³/mol. The Morgan fingerprint density at radius 3 is 0.968 bits per heavy atom. The summed E-state index contributed by atoms with van der Waals surface area (Å²) in [5, 5.41) is 97.3. The minimum atomic E-state index is -1.65. The van der Waals surface area contributed by atoms with Gasteiger partial charge in [0, 0.05) is 0 Å². The molecule has 8 N–H and O–H groups in total. The summed E-state index contributed by atoms with van der Waals surface area (Å²) in [6.45, 7) is -1.91. The summed E-state index contributed by atoms with van der Waals surface area (Å²) in [7, 11) is -6.51. The van der Waals surface area contributed by atoms with E-state index in [0.29, 0.717) is 45.3 Å². The molecular formula is C43H40B4F2N2O12. The highest BCUT2D eigenvalue weighted by Crippen LogP contribution is 2.24. The minimum absolute atomic E-state index is 0. The van der Waals surface area contributed by atoms with Crippen LogP contribution < -0.4 is 31.3 Å². The van der Waals surface area contributed by atoms with Gasteiger partial charge in [-0.2, -0.15) is 10.5 Å². The van der Waals surface area contributed by atoms with Gasteiger partial charge in [-0.05, 0) is 141 Å². The predicted octanol–water partition coefficient (Wildman–Crippen LogP) is 1.77. The Morgan fingerprint density at radius 2 is 0.683 bits per heavy atom. The molecule has 0 aliphatic rings. The molecule has 0 heterocycles. The number of hydrogen-bond donors (Lipinski definition) is 8. The van der Waals surface area contributed by atoms with E-state index in [1.54, 1.807) is 60.7 Å². The molecule has 20 heteroatoms. The number of benzene rings is 6. The number of halogens is 2. The molecule has 0 saturated heterocycles. The van der Waals surface area contributed by atoms with Crippen LogP contribution in [0.15, 0.2) is 121 Å². The molecule has 0 spiro atoms. The maximum Gasteiger partial charge on any atom is 0.478 e. The van der Waals surface area contributed by atoms with Crippen molar-refractivity contribution >= 4 is 50.3 Å². The molecule has 320 valence electrons. The summed E-state index contributed by atoms with van der Waals surface area (Å²) in [6.07, 6.45) is 0. The number of aliphatic hydroxyl groups is 4. The van der Waals surface area contributed by atoms with Crippen molar-refractivity contribution in [2.24, 2.45) is 0 Å². The van der Waals surface area contributed by atoms with Gasteiger partial charge in [-0.1, -0.05) is 31.7 Å². The van der Waals surface area contributed by atoms with Crippen molar-refractivity contribution < 1.29 is 67.9 Å². The molecule has 0 aliphatic carbocycles. The van der Waals surface area contributed by atoms with Gasteiger partial charge in [-0.15, -0.1) is 0 Å². The van der Waals surface area contributed by atoms with E-state index in [1.165, 1.54) is 36.4 Å². The molecule has 6 aromatic carbocycles. The smallest absolute Gasteiger partial charge is 0.457 e. The zero-order chi connectivity index (χ0) is 44.8. The molecule has 0 radical (unpaired) electrons. The Bertz CT molecular complexity index is 2360. The van der Waals surface area contributed by atoms with Crippen LogP contribution in [0.25, 0.3) is 0 Å². The third-order valence-corrected chi connectivity index (χ3v) is 9.14. The number of hydrogen-bond acceptors (Lipinski definition) is 14. The fourth-order valence-corrected chi connectivity index (χ4v) is 5.96. The quantitative estimate of drug-likeness (QED) is 0.0647. The third kappa shape index (κ3) is 13.3. The number of rotatable bonds is 16. The number of ether oxygens (including phenoxy) is 2. The van der Waals surface area contributed by atoms with Crippen molar-refractivity contribution in [2.45, 2.75) is 33.9 Å². The molecule has 0 fully saturated rings. The van der Waals surface area contributed by atoms with Crippen LogP contribution in [0.2, 0.25) is 0 Å². The Balaban J connectivity index is 0.000000310. The van der Waals surface area contributed by atoms with Gasteiger partial charge in [0.25, 0.3) is 0 Å². The lowest BCUT2D eigenvalue weighted by atomic mass is 9.69. The van der Waals surface area contributed by atoms with Crippen LogP contribution in [-0.4, -0.2) is 69.0 Å². The molecule has 63 heavy (non-hydrogen) atoms. The first-order chi connectivity index (χ1) is 29.9. The van der Waals surface area contributed by atoms with E-state index in [0.717, 1.165) is 24.3 Å². The summed E-state index contributed by atoms with van der Waals surface area (Å²) in [4.78, 5) is 0. The van der Waals surface area contributed by atoms with Crippen LogP contribution in [0.3, 0.4) is 0 Å². The number of aliphatic hydroxyl groups excluding tert-OH is 4. The molecule has 14 nitrogen and oxygen atoms in total. The highest BCUT2D eigenvalue weighted by molar-refractivity contribution is 6.74. The van der Waals surface area contributed by atoms with Crippen LogP contribution in [0.4, 0.5) is 8.78 Å². The molecule has 0 atom stereocenters. The van der Waals surface area contributed by atoms with Gasteiger partial charge in [-0.25, -0.2) is 8.78 Å². The van der Waals surface area contributed by atoms with Crippen LogP contribution >= 0.6 is 0 Å². The van der Waals surface area contributed by atoms with E-state index in [2.05, 4.69) is 0 Å². The Kier molecular flexibility index (Phi) is 18.6. The first-order valence-corrected chi connectivity index (χ1v) is 18.5. The highest BCUT2D eigenvalue weighted by atomic mass is 19.1. The van der Waals surface area contributed by atoms with Gasteiger partial charge >= 0.3 is 28.5 Å². The highest BCUT2D eigenvalue weighted by Gasteiger charge is 2.31. The van der Waals surface area contributed by atoms with Gasteiger partial charge in [-0.3, -0.25) is 0 Å². The normalized spacial score (nSPS) is 10.3. The lowest BCUT2D eigenvalue weighted by Gasteiger charge is -2.18. The van der Waals surface area contributed by atoms with Crippen LogP contribution in [0.5, 0.6) is 23.0 Å². The molecule has 0 amide bonds. The first kappa shape index (κ1) is 49.3. The molecular weight excluding hydrogens is 818 g/mol. The zero-order valence-corrected chi connectivity index (χ0v) is 32.5. The zero-order valence-electron chi connectivity index (χ0n) is 32.5. The lowest BCUT2D eigenvalue weighted by molar-refractivity contribution is 0.280. The minimum Gasteiger partial charge on any atom is -0.457 e. The summed E-state index contributed by atoms with van der Waals surface area (Å²) in [6, 6.07) is 32.9. The largest absolute Gasteiger partial charge is 0.478 e. The second-order valence-electron chi connectivity index (χ2n) is 13.2. The third-order valence-electron chi connectivity index (χ3n) is 9.14. The first-order valence-electron chi connectivity index (χ1n) is 18.5. The molecule has 0 aromatic heterocycles. The Labute approximate surface area is 363 Å². The second kappa shape index (κ2) is 23.7. The maximum absolute atomic E-state index is 13.1. The molecule has 0 saturated carbocycles. The van der Waals surface area contributed by atoms with Crippen molar-refractivity contribution in [3.05, 3.63) is 166 Å². The van der Waals surface area contributed by atoms with Crippen LogP contribution in [0, 0.1) is 34.3 Å². The summed E-state index contributed by atoms with van der Waals surface area (Å²) >= 11 is 0. The summed E-state index contributed by atoms with van der Waals surface area (Å²) < 4.78 is 48.2. The van der Waals surface area contributed by atoms with Crippen molar-refractivity contribution in [1.82, 2.24) is 0 Å². The average molecular weight is 858 g/mol. The SMILES string of the molecule is C.N#Cc1ccc(Oc2ccc(B(O)OB(O)c3ccc(Oc4ccc(C#N)cc4)cc3CO)c(CO)c2)cc1.OCc1cc(F)ccc1B(O)OB(O)c1ccc(F)cc1CO. The lowest BCUT2D eigenvalue weighted by Crippen LogP contribution is -2.47. The number of nitriles is 2. The van der Waals surface area contributed by atoms with Crippen molar-refractivity contribution in [3.8, 4) is 35.1 Å². The van der Waals surface area contributed by atoms with Crippen LogP contribution in [0.1, 0.15) is 40.8 Å². The molecule has 0 aliphatic heterocycles. The van der Waals surface area contributed by atoms with Crippen molar-refractivity contribution in [2.75, 3.05) is 0 Å². The van der Waals surface area contributed by atoms with Crippen LogP contribution in [-0.2, 0) is 35.6 Å². The fraction of sp³-hybridized carbons (Fsp3) is 0.116. The van der Waals surface area contributed by atoms with Crippen molar-refractivity contribution in [3.63, 3.8) is 0 Å². The Hall–Kier alpha value is -6.38. The van der Waals surface area contributed by atoms with Gasteiger partial charge < -0.3 is 59.1 Å². The van der Waals surface area contributed by atoms with E-state index >= 15 is 0 Å². The number of nitrogens with zero attached hydrogens (tertiary/aromatic N) is 2. The summed E-state index contributed by atoms with van der Waals surface area (Å²) in [5.41, 5.74) is 2.42. The van der Waals surface area contributed by atoms with E-state index in [9.17, 15) is 49.3 Å². The molecule has 0 unspecified atom stereocenters. The van der Waals surface area contributed by atoms with E-state index in [-0.39, 0.29) is 40.4 Å². The second-order valence-corrected chi connectivity index (χ2v) is 13.2. The fourth-order valence-electron chi connectivity index (χ4n) is 5.96. The standard InChI is InChI=1S/C28H22B2N2O7.C14H14B2F2O5.CH4/c31-15-19-1-5-23(6-2-19)37-25-9-11-27(21(13-25)17-33)29(35)39-30(36)28-12-10-26(14-22(28)18-34)38-24-7-3-20(16-32)4-8-24;17-11-1-3-13(9(5-11)7-19)15(21)23-16(22)14-4-2-12(18)6-10(14)8-20;/h1-14,33-36H,17-18H2;1-6,19-22H,7-8H2;1H4. The van der Waals surface area contributed by atoms with Crippen molar-refractivity contribution in [1.29, 1.82) is 10.5 Å². The van der Waals surface area contributed by atoms with Gasteiger partial charge in [0.05, 0.1) is 49.7 Å². The molecule has 6 rings (SSSR count). The maximum atomic E-state index is 13.1.